The number of rotatable bonds is 15. The molecule has 1 saturated heterocycles. The molecule has 0 atom stereocenters. The summed E-state index contributed by atoms with van der Waals surface area (Å²) >= 11 is 0. The average molecular weight is 411 g/mol. The zero-order valence-corrected chi connectivity index (χ0v) is 17.1. The van der Waals surface area contributed by atoms with Gasteiger partial charge in [-0.25, -0.2) is 4.79 Å². The summed E-state index contributed by atoms with van der Waals surface area (Å²) in [6.45, 7) is 6.41. The van der Waals surface area contributed by atoms with Gasteiger partial charge in [-0.05, 0) is 31.5 Å². The van der Waals surface area contributed by atoms with E-state index in [1.54, 1.807) is 0 Å². The van der Waals surface area contributed by atoms with Crippen molar-refractivity contribution in [3.05, 3.63) is 35.9 Å². The molecule has 2 rings (SSSR count). The minimum absolute atomic E-state index is 0.258. The van der Waals surface area contributed by atoms with E-state index in [4.69, 9.17) is 23.7 Å². The first-order valence-corrected chi connectivity index (χ1v) is 10.3. The Morgan fingerprint density at radius 1 is 0.897 bits per heavy atom. The molecule has 1 aliphatic heterocycles. The van der Waals surface area contributed by atoms with Gasteiger partial charge in [-0.2, -0.15) is 0 Å². The van der Waals surface area contributed by atoms with Crippen LogP contribution in [0.2, 0.25) is 0 Å². The van der Waals surface area contributed by atoms with Gasteiger partial charge in [0.05, 0.1) is 52.4 Å². The Morgan fingerprint density at radius 2 is 1.52 bits per heavy atom. The van der Waals surface area contributed by atoms with E-state index in [1.807, 2.05) is 30.3 Å². The van der Waals surface area contributed by atoms with Crippen LogP contribution >= 0.6 is 0 Å². The summed E-state index contributed by atoms with van der Waals surface area (Å²) in [4.78, 5) is 11.5. The van der Waals surface area contributed by atoms with Gasteiger partial charge in [-0.3, -0.25) is 0 Å². The highest BCUT2D eigenvalue weighted by Crippen LogP contribution is 2.06. The highest BCUT2D eigenvalue weighted by atomic mass is 16.6. The van der Waals surface area contributed by atoms with Gasteiger partial charge in [0.25, 0.3) is 0 Å². The van der Waals surface area contributed by atoms with E-state index in [9.17, 15) is 4.79 Å². The van der Waals surface area contributed by atoms with Crippen molar-refractivity contribution in [2.45, 2.75) is 25.6 Å². The van der Waals surface area contributed by atoms with E-state index >= 15 is 0 Å². The molecule has 0 saturated carbocycles. The third-order valence-electron chi connectivity index (χ3n) is 4.34. The largest absolute Gasteiger partial charge is 0.445 e. The number of benzene rings is 1. The van der Waals surface area contributed by atoms with Crippen molar-refractivity contribution in [2.75, 3.05) is 65.9 Å². The molecule has 0 aromatic heterocycles. The number of carbonyl (C=O) groups is 1. The van der Waals surface area contributed by atoms with E-state index in [2.05, 4.69) is 10.6 Å². The van der Waals surface area contributed by atoms with Crippen LogP contribution in [0.25, 0.3) is 0 Å². The first-order chi connectivity index (χ1) is 14.3. The monoisotopic (exact) mass is 410 g/mol. The third kappa shape index (κ3) is 12.5. The Morgan fingerprint density at radius 3 is 2.21 bits per heavy atom. The molecule has 8 nitrogen and oxygen atoms in total. The van der Waals surface area contributed by atoms with E-state index in [0.29, 0.717) is 58.9 Å². The van der Waals surface area contributed by atoms with Crippen molar-refractivity contribution in [1.82, 2.24) is 10.6 Å². The van der Waals surface area contributed by atoms with Gasteiger partial charge in [-0.15, -0.1) is 0 Å². The molecule has 1 heterocycles. The molecule has 8 heteroatoms. The number of ether oxygens (including phenoxy) is 5. The second-order valence-electron chi connectivity index (χ2n) is 6.65. The summed E-state index contributed by atoms with van der Waals surface area (Å²) in [5.41, 5.74) is 0.953. The van der Waals surface area contributed by atoms with Gasteiger partial charge < -0.3 is 34.3 Å². The number of amides is 1. The smallest absolute Gasteiger partial charge is 0.407 e. The fraction of sp³-hybridized carbons (Fsp3) is 0.667. The Balaban J connectivity index is 1.27. The molecule has 1 fully saturated rings. The lowest BCUT2D eigenvalue weighted by atomic mass is 10.1. The van der Waals surface area contributed by atoms with Crippen LogP contribution in [0, 0.1) is 0 Å². The molecule has 1 aliphatic rings. The minimum Gasteiger partial charge on any atom is -0.445 e. The standard InChI is InChI=1S/C21H34N2O6/c24-21(29-18-19-4-2-1-3-5-19)23-10-11-25-12-13-26-14-15-27-16-17-28-20-6-8-22-9-7-20/h1-5,20,22H,6-18H2,(H,23,24). The molecule has 0 bridgehead atoms. The van der Waals surface area contributed by atoms with Gasteiger partial charge in [0.2, 0.25) is 0 Å². The number of piperidine rings is 1. The van der Waals surface area contributed by atoms with E-state index in [-0.39, 0.29) is 6.61 Å². The molecule has 29 heavy (non-hydrogen) atoms. The lowest BCUT2D eigenvalue weighted by Gasteiger charge is -2.22. The summed E-state index contributed by atoms with van der Waals surface area (Å²) < 4.78 is 27.2. The van der Waals surface area contributed by atoms with Crippen molar-refractivity contribution >= 4 is 6.09 Å². The maximum atomic E-state index is 11.5. The average Bonchev–Trinajstić information content (AvgIpc) is 2.77. The molecule has 0 unspecified atom stereocenters. The second-order valence-corrected chi connectivity index (χ2v) is 6.65. The van der Waals surface area contributed by atoms with Crippen LogP contribution in [0.4, 0.5) is 4.79 Å². The second kappa shape index (κ2) is 16.1. The van der Waals surface area contributed by atoms with Crippen LogP contribution in [-0.4, -0.2) is 78.1 Å². The van der Waals surface area contributed by atoms with Gasteiger partial charge in [0.15, 0.2) is 0 Å². The van der Waals surface area contributed by atoms with Crippen molar-refractivity contribution < 1.29 is 28.5 Å². The molecule has 0 radical (unpaired) electrons. The molecular formula is C21H34N2O6. The lowest BCUT2D eigenvalue weighted by Crippen LogP contribution is -2.33. The van der Waals surface area contributed by atoms with E-state index in [0.717, 1.165) is 31.5 Å². The number of hydrogen-bond acceptors (Lipinski definition) is 7. The van der Waals surface area contributed by atoms with Crippen molar-refractivity contribution in [2.24, 2.45) is 0 Å². The molecular weight excluding hydrogens is 376 g/mol. The van der Waals surface area contributed by atoms with Crippen LogP contribution in [-0.2, 0) is 30.3 Å². The zero-order valence-electron chi connectivity index (χ0n) is 17.1. The summed E-state index contributed by atoms with van der Waals surface area (Å²) in [5.74, 6) is 0. The van der Waals surface area contributed by atoms with Crippen molar-refractivity contribution in [3.63, 3.8) is 0 Å². The molecule has 1 aromatic rings. The Kier molecular flexibility index (Phi) is 13.1. The molecule has 0 spiro atoms. The SMILES string of the molecule is O=C(NCCOCCOCCOCCOC1CCNCC1)OCc1ccccc1. The van der Waals surface area contributed by atoms with Gasteiger partial charge in [0, 0.05) is 6.54 Å². The topological polar surface area (TPSA) is 87.3 Å². The molecule has 0 aliphatic carbocycles. The minimum atomic E-state index is -0.449. The molecule has 164 valence electrons. The summed E-state index contributed by atoms with van der Waals surface area (Å²) in [6.07, 6.45) is 2.07. The molecule has 1 amide bonds. The van der Waals surface area contributed by atoms with E-state index in [1.165, 1.54) is 0 Å². The summed E-state index contributed by atoms with van der Waals surface area (Å²) in [5, 5.41) is 5.96. The van der Waals surface area contributed by atoms with Crippen LogP contribution in [0.15, 0.2) is 30.3 Å². The van der Waals surface area contributed by atoms with Gasteiger partial charge >= 0.3 is 6.09 Å². The van der Waals surface area contributed by atoms with Crippen LogP contribution in [0.1, 0.15) is 18.4 Å². The Hall–Kier alpha value is -1.71. The quantitative estimate of drug-likeness (QED) is 0.426. The number of nitrogens with one attached hydrogen (secondary N) is 2. The first kappa shape index (κ1) is 23.6. The number of carbonyl (C=O) groups excluding carboxylic acids is 1. The Labute approximate surface area is 173 Å². The normalized spacial score (nSPS) is 14.6. The number of alkyl carbamates (subject to hydrolysis) is 1. The van der Waals surface area contributed by atoms with Crippen LogP contribution in [0.3, 0.4) is 0 Å². The Bertz CT molecular complexity index is 525. The van der Waals surface area contributed by atoms with Crippen LogP contribution in [0.5, 0.6) is 0 Å². The summed E-state index contributed by atoms with van der Waals surface area (Å²) in [7, 11) is 0. The number of hydrogen-bond donors (Lipinski definition) is 2. The zero-order chi connectivity index (χ0) is 20.4. The van der Waals surface area contributed by atoms with E-state index < -0.39 is 6.09 Å². The maximum absolute atomic E-state index is 11.5. The third-order valence-corrected chi connectivity index (χ3v) is 4.34. The highest BCUT2D eigenvalue weighted by molar-refractivity contribution is 5.67. The fourth-order valence-corrected chi connectivity index (χ4v) is 2.78. The van der Waals surface area contributed by atoms with Gasteiger partial charge in [0.1, 0.15) is 6.61 Å². The van der Waals surface area contributed by atoms with Gasteiger partial charge in [-0.1, -0.05) is 30.3 Å². The van der Waals surface area contributed by atoms with Crippen molar-refractivity contribution in [3.8, 4) is 0 Å². The fourth-order valence-electron chi connectivity index (χ4n) is 2.78. The predicted molar refractivity (Wildman–Crippen MR) is 109 cm³/mol. The molecule has 2 N–H and O–H groups in total. The van der Waals surface area contributed by atoms with Crippen molar-refractivity contribution in [1.29, 1.82) is 0 Å². The van der Waals surface area contributed by atoms with Crippen LogP contribution < -0.4 is 10.6 Å². The highest BCUT2D eigenvalue weighted by Gasteiger charge is 2.12. The molecule has 1 aromatic carbocycles. The predicted octanol–water partition coefficient (Wildman–Crippen LogP) is 1.73. The lowest BCUT2D eigenvalue weighted by molar-refractivity contribution is -0.0250. The first-order valence-electron chi connectivity index (χ1n) is 10.3. The maximum Gasteiger partial charge on any atom is 0.407 e. The summed E-state index contributed by atoms with van der Waals surface area (Å²) in [6, 6.07) is 9.55.